The summed E-state index contributed by atoms with van der Waals surface area (Å²) < 4.78 is 29.3. The topological polar surface area (TPSA) is 105 Å². The number of pyridine rings is 1. The number of fused-ring (bicyclic) bond motifs is 1. The van der Waals surface area contributed by atoms with Crippen LogP contribution in [0.25, 0.3) is 0 Å². The second-order valence-electron chi connectivity index (χ2n) is 6.82. The maximum atomic E-state index is 14.5. The van der Waals surface area contributed by atoms with Crippen LogP contribution in [0.3, 0.4) is 0 Å². The molecule has 2 aliphatic heterocycles. The number of likely N-dealkylation sites (N-methyl/N-ethyl adjacent to an activating group) is 1. The van der Waals surface area contributed by atoms with Crippen molar-refractivity contribution in [2.24, 2.45) is 4.99 Å². The lowest BCUT2D eigenvalue weighted by atomic mass is 10.2. The number of piperazine rings is 1. The number of carbonyl (C=O) groups is 1. The summed E-state index contributed by atoms with van der Waals surface area (Å²) in [4.78, 5) is 24.7. The molecule has 11 heteroatoms. The molecule has 4 rings (SSSR count). The Morgan fingerprint density at radius 1 is 1.29 bits per heavy atom. The molecule has 0 bridgehead atoms. The molecule has 0 aliphatic carbocycles. The van der Waals surface area contributed by atoms with Gasteiger partial charge in [0.05, 0.1) is 24.6 Å². The highest BCUT2D eigenvalue weighted by Gasteiger charge is 2.28. The Hall–Kier alpha value is -3.08. The average Bonchev–Trinajstić information content (AvgIpc) is 2.98. The zero-order valence-corrected chi connectivity index (χ0v) is 15.3. The normalized spacial score (nSPS) is 19.5. The number of nitrogens with zero attached hydrogens (tertiary/aromatic N) is 6. The minimum atomic E-state index is -1.29. The minimum Gasteiger partial charge on any atom is -0.381 e. The van der Waals surface area contributed by atoms with E-state index in [0.29, 0.717) is 13.1 Å². The molecule has 1 fully saturated rings. The van der Waals surface area contributed by atoms with Gasteiger partial charge < -0.3 is 20.9 Å². The molecule has 1 unspecified atom stereocenters. The molecule has 0 saturated carbocycles. The van der Waals surface area contributed by atoms with Gasteiger partial charge >= 0.3 is 0 Å². The highest BCUT2D eigenvalue weighted by molar-refractivity contribution is 6.11. The second kappa shape index (κ2) is 7.15. The van der Waals surface area contributed by atoms with Gasteiger partial charge in [0.2, 0.25) is 0 Å². The number of alkyl halides is 1. The summed E-state index contributed by atoms with van der Waals surface area (Å²) in [5, 5.41) is 6.64. The fraction of sp³-hybridized carbons (Fsp3) is 0.412. The van der Waals surface area contributed by atoms with Crippen molar-refractivity contribution in [3.05, 3.63) is 23.8 Å². The van der Waals surface area contributed by atoms with Crippen LogP contribution in [0.4, 0.5) is 31.8 Å². The van der Waals surface area contributed by atoms with Gasteiger partial charge in [-0.25, -0.2) is 18.5 Å². The second-order valence-corrected chi connectivity index (χ2v) is 6.82. The number of amides is 1. The number of hydrogen-bond acceptors (Lipinski definition) is 7. The van der Waals surface area contributed by atoms with E-state index < -0.39 is 17.9 Å². The van der Waals surface area contributed by atoms with Gasteiger partial charge in [-0.1, -0.05) is 0 Å². The number of anilines is 3. The van der Waals surface area contributed by atoms with Crippen LogP contribution in [0.2, 0.25) is 0 Å². The molecular formula is C17H20F2N8O. The highest BCUT2D eigenvalue weighted by atomic mass is 19.1. The monoisotopic (exact) mass is 390 g/mol. The number of nitrogens with one attached hydrogen (secondary N) is 1. The zero-order chi connectivity index (χ0) is 19.8. The van der Waals surface area contributed by atoms with E-state index in [9.17, 15) is 13.6 Å². The number of aromatic nitrogens is 3. The third-order valence-corrected chi connectivity index (χ3v) is 4.83. The molecule has 0 radical (unpaired) electrons. The summed E-state index contributed by atoms with van der Waals surface area (Å²) in [7, 11) is 2.00. The van der Waals surface area contributed by atoms with Crippen molar-refractivity contribution in [2.45, 2.75) is 12.7 Å². The smallest absolute Gasteiger partial charge is 0.263 e. The molecule has 2 aromatic rings. The van der Waals surface area contributed by atoms with Gasteiger partial charge in [-0.2, -0.15) is 5.10 Å². The van der Waals surface area contributed by atoms with Crippen molar-refractivity contribution in [3.8, 4) is 0 Å². The molecule has 0 spiro atoms. The van der Waals surface area contributed by atoms with E-state index >= 15 is 0 Å². The summed E-state index contributed by atoms with van der Waals surface area (Å²) in [6.45, 7) is 2.72. The van der Waals surface area contributed by atoms with Crippen LogP contribution in [0.5, 0.6) is 0 Å². The summed E-state index contributed by atoms with van der Waals surface area (Å²) in [5.74, 6) is -1.01. The molecule has 28 heavy (non-hydrogen) atoms. The first-order valence-electron chi connectivity index (χ1n) is 8.87. The summed E-state index contributed by atoms with van der Waals surface area (Å²) in [5.41, 5.74) is 6.39. The van der Waals surface area contributed by atoms with Gasteiger partial charge in [0.25, 0.3) is 5.91 Å². The van der Waals surface area contributed by atoms with Gasteiger partial charge in [0.1, 0.15) is 11.3 Å². The Balaban J connectivity index is 1.64. The Morgan fingerprint density at radius 3 is 2.79 bits per heavy atom. The quantitative estimate of drug-likeness (QED) is 0.812. The van der Waals surface area contributed by atoms with Gasteiger partial charge in [-0.05, 0) is 7.05 Å². The zero-order valence-electron chi connectivity index (χ0n) is 15.3. The molecule has 148 valence electrons. The highest BCUT2D eigenvalue weighted by Crippen LogP contribution is 2.32. The first-order valence-corrected chi connectivity index (χ1v) is 8.87. The lowest BCUT2D eigenvalue weighted by molar-refractivity contribution is 0.102. The Morgan fingerprint density at radius 2 is 2.04 bits per heavy atom. The fourth-order valence-electron chi connectivity index (χ4n) is 3.37. The predicted octanol–water partition coefficient (Wildman–Crippen LogP) is 1.06. The van der Waals surface area contributed by atoms with Crippen molar-refractivity contribution < 1.29 is 13.6 Å². The van der Waals surface area contributed by atoms with Crippen LogP contribution < -0.4 is 16.0 Å². The molecule has 0 aromatic carbocycles. The van der Waals surface area contributed by atoms with Gasteiger partial charge in [-0.15, -0.1) is 0 Å². The number of aliphatic imine (C=N–C) groups is 1. The van der Waals surface area contributed by atoms with Crippen LogP contribution in [0.15, 0.2) is 17.4 Å². The maximum Gasteiger partial charge on any atom is 0.263 e. The molecule has 1 amide bonds. The molecule has 2 aliphatic rings. The summed E-state index contributed by atoms with van der Waals surface area (Å²) in [6.07, 6.45) is 2.32. The van der Waals surface area contributed by atoms with Crippen molar-refractivity contribution in [1.82, 2.24) is 19.7 Å². The molecule has 1 atom stereocenters. The van der Waals surface area contributed by atoms with Crippen LogP contribution in [-0.2, 0) is 6.54 Å². The van der Waals surface area contributed by atoms with E-state index in [-0.39, 0.29) is 35.1 Å². The van der Waals surface area contributed by atoms with Gasteiger partial charge in [0, 0.05) is 32.4 Å². The summed E-state index contributed by atoms with van der Waals surface area (Å²) >= 11 is 0. The van der Waals surface area contributed by atoms with Crippen molar-refractivity contribution in [3.63, 3.8) is 0 Å². The Labute approximate surface area is 159 Å². The average molecular weight is 390 g/mol. The van der Waals surface area contributed by atoms with Crippen LogP contribution in [-0.4, -0.2) is 71.2 Å². The lowest BCUT2D eigenvalue weighted by Gasteiger charge is -2.35. The summed E-state index contributed by atoms with van der Waals surface area (Å²) in [6, 6.07) is 0. The van der Waals surface area contributed by atoms with Crippen molar-refractivity contribution in [1.29, 1.82) is 0 Å². The third-order valence-electron chi connectivity index (χ3n) is 4.83. The number of nitrogens with two attached hydrogens (primary N) is 1. The van der Waals surface area contributed by atoms with Crippen LogP contribution in [0, 0.1) is 5.82 Å². The molecule has 4 heterocycles. The Bertz CT molecular complexity index is 935. The van der Waals surface area contributed by atoms with Crippen molar-refractivity contribution in [2.75, 3.05) is 49.2 Å². The number of hydrogen-bond donors (Lipinski definition) is 2. The fourth-order valence-corrected chi connectivity index (χ4v) is 3.37. The van der Waals surface area contributed by atoms with Crippen LogP contribution >= 0.6 is 0 Å². The SMILES string of the molecule is CN1CCN(c2c(F)cncc2NC(=O)c2c(N)nn3c2N=CC(F)C3)CC1. The third kappa shape index (κ3) is 3.28. The molecular weight excluding hydrogens is 370 g/mol. The molecule has 3 N–H and O–H groups in total. The largest absolute Gasteiger partial charge is 0.381 e. The Kier molecular flexibility index (Phi) is 4.67. The minimum absolute atomic E-state index is 0.0248. The first-order chi connectivity index (χ1) is 13.4. The van der Waals surface area contributed by atoms with E-state index in [0.717, 1.165) is 25.5 Å². The number of nitrogen functional groups attached to an aromatic ring is 1. The van der Waals surface area contributed by atoms with E-state index in [4.69, 9.17) is 5.73 Å². The van der Waals surface area contributed by atoms with E-state index in [2.05, 4.69) is 25.3 Å². The standard InChI is InChI=1S/C17H20F2N8O/c1-25-2-4-26(5-3-25)14-11(19)7-21-8-12(14)23-17(28)13-15(20)24-27-9-10(18)6-22-16(13)27/h6-8,10H,2-5,9H2,1H3,(H2,20,24)(H,23,28). The van der Waals surface area contributed by atoms with Gasteiger partial charge in [-0.3, -0.25) is 9.78 Å². The number of rotatable bonds is 3. The van der Waals surface area contributed by atoms with E-state index in [1.807, 2.05) is 11.9 Å². The maximum absolute atomic E-state index is 14.5. The predicted molar refractivity (Wildman–Crippen MR) is 102 cm³/mol. The number of carbonyl (C=O) groups excluding carboxylic acids is 1. The first kappa shape index (κ1) is 18.3. The molecule has 9 nitrogen and oxygen atoms in total. The molecule has 1 saturated heterocycles. The number of halogens is 2. The molecule has 2 aromatic heterocycles. The van der Waals surface area contributed by atoms with Gasteiger partial charge in [0.15, 0.2) is 23.6 Å². The van der Waals surface area contributed by atoms with E-state index in [1.165, 1.54) is 10.9 Å². The lowest BCUT2D eigenvalue weighted by Crippen LogP contribution is -2.45. The van der Waals surface area contributed by atoms with Crippen molar-refractivity contribution >= 4 is 35.1 Å². The van der Waals surface area contributed by atoms with Crippen LogP contribution in [0.1, 0.15) is 10.4 Å². The van der Waals surface area contributed by atoms with E-state index in [1.54, 1.807) is 0 Å².